The van der Waals surface area contributed by atoms with Gasteiger partial charge in [-0.15, -0.1) is 0 Å². The Kier molecular flexibility index (Phi) is 11.2. The maximum Gasteiger partial charge on any atom is 0.276 e. The van der Waals surface area contributed by atoms with Gasteiger partial charge in [0.25, 0.3) is 5.56 Å². The SMILES string of the molecule is C[Si](C)(C)CCOCn1ncc2cc(N(Cc3cc(C4CCCCC4)ccn3)C(=O)[C@H]3CCN3S(=O)(=O)c3c(F)c(F)c(F)c(F)c3F)ccc2c1=O. The van der Waals surface area contributed by atoms with E-state index in [0.29, 0.717) is 27.9 Å². The third-order valence-electron chi connectivity index (χ3n) is 9.85. The number of benzene rings is 2. The van der Waals surface area contributed by atoms with Crippen molar-refractivity contribution in [1.82, 2.24) is 19.1 Å². The molecule has 2 fully saturated rings. The molecule has 17 heteroatoms. The Balaban J connectivity index is 1.34. The molecule has 3 heterocycles. The van der Waals surface area contributed by atoms with E-state index in [-0.39, 0.29) is 30.8 Å². The number of hydrogen-bond donors (Lipinski definition) is 0. The lowest BCUT2D eigenvalue weighted by Crippen LogP contribution is -2.59. The smallest absolute Gasteiger partial charge is 0.276 e. The van der Waals surface area contributed by atoms with Crippen LogP contribution in [0.25, 0.3) is 10.8 Å². The van der Waals surface area contributed by atoms with Gasteiger partial charge in [0.1, 0.15) is 12.8 Å². The molecule has 2 aliphatic rings. The summed E-state index contributed by atoms with van der Waals surface area (Å²) in [6, 6.07) is 7.69. The summed E-state index contributed by atoms with van der Waals surface area (Å²) in [7, 11) is -6.74. The predicted molar refractivity (Wildman–Crippen MR) is 190 cm³/mol. The van der Waals surface area contributed by atoms with Gasteiger partial charge in [0.15, 0.2) is 28.2 Å². The van der Waals surface area contributed by atoms with Gasteiger partial charge in [-0.1, -0.05) is 38.9 Å². The number of amides is 1. The first-order chi connectivity index (χ1) is 25.1. The molecule has 284 valence electrons. The third-order valence-corrected chi connectivity index (χ3v) is 13.5. The van der Waals surface area contributed by atoms with Crippen LogP contribution < -0.4 is 10.5 Å². The Bertz CT molecular complexity index is 2180. The van der Waals surface area contributed by atoms with Crippen molar-refractivity contribution in [2.75, 3.05) is 18.1 Å². The molecule has 2 aromatic heterocycles. The number of rotatable bonds is 12. The molecule has 0 radical (unpaired) electrons. The molecule has 0 spiro atoms. The first-order valence-corrected chi connectivity index (χ1v) is 22.6. The molecule has 0 bridgehead atoms. The highest BCUT2D eigenvalue weighted by atomic mass is 32.2. The van der Waals surface area contributed by atoms with Crippen LogP contribution in [0.3, 0.4) is 0 Å². The zero-order chi connectivity index (χ0) is 38.2. The van der Waals surface area contributed by atoms with E-state index in [4.69, 9.17) is 4.74 Å². The lowest BCUT2D eigenvalue weighted by Gasteiger charge is -2.41. The second-order valence-electron chi connectivity index (χ2n) is 14.7. The Labute approximate surface area is 304 Å². The molecule has 0 unspecified atom stereocenters. The number of pyridine rings is 1. The number of aromatic nitrogens is 3. The summed E-state index contributed by atoms with van der Waals surface area (Å²) in [4.78, 5) is 31.3. The summed E-state index contributed by atoms with van der Waals surface area (Å²) in [5, 5.41) is 4.89. The monoisotopic (exact) mass is 777 g/mol. The van der Waals surface area contributed by atoms with Crippen molar-refractivity contribution in [2.24, 2.45) is 0 Å². The summed E-state index contributed by atoms with van der Waals surface area (Å²) >= 11 is 0. The molecule has 2 aromatic carbocycles. The topological polar surface area (TPSA) is 115 Å². The van der Waals surface area contributed by atoms with Crippen LogP contribution >= 0.6 is 0 Å². The third kappa shape index (κ3) is 7.93. The van der Waals surface area contributed by atoms with Crippen LogP contribution in [0, 0.1) is 29.1 Å². The number of sulfonamides is 1. The predicted octanol–water partition coefficient (Wildman–Crippen LogP) is 6.84. The van der Waals surface area contributed by atoms with Crippen LogP contribution in [-0.4, -0.2) is 60.7 Å². The lowest BCUT2D eigenvalue weighted by molar-refractivity contribution is -0.125. The largest absolute Gasteiger partial charge is 0.359 e. The number of fused-ring (bicyclic) bond motifs is 1. The minimum Gasteiger partial charge on any atom is -0.359 e. The molecule has 1 atom stereocenters. The van der Waals surface area contributed by atoms with Crippen molar-refractivity contribution < 1.29 is 39.9 Å². The van der Waals surface area contributed by atoms with Crippen LogP contribution in [0.1, 0.15) is 55.7 Å². The van der Waals surface area contributed by atoms with Gasteiger partial charge in [-0.2, -0.15) is 9.40 Å². The summed E-state index contributed by atoms with van der Waals surface area (Å²) in [5.41, 5.74) is 1.31. The lowest BCUT2D eigenvalue weighted by atomic mass is 9.84. The van der Waals surface area contributed by atoms with Gasteiger partial charge in [-0.3, -0.25) is 14.6 Å². The van der Waals surface area contributed by atoms with Crippen molar-refractivity contribution in [2.45, 2.75) is 94.3 Å². The number of ether oxygens (including phenoxy) is 1. The maximum absolute atomic E-state index is 14.7. The molecule has 1 saturated carbocycles. The molecule has 10 nitrogen and oxygen atoms in total. The van der Waals surface area contributed by atoms with Gasteiger partial charge in [0.2, 0.25) is 21.7 Å². The molecule has 6 rings (SSSR count). The number of carbonyl (C=O) groups is 1. The minimum absolute atomic E-state index is 0.0519. The first kappa shape index (κ1) is 38.7. The van der Waals surface area contributed by atoms with Gasteiger partial charge in [-0.05, 0) is 67.1 Å². The van der Waals surface area contributed by atoms with Crippen LogP contribution in [0.5, 0.6) is 0 Å². The van der Waals surface area contributed by atoms with Gasteiger partial charge < -0.3 is 9.64 Å². The number of nitrogens with zero attached hydrogens (tertiary/aromatic N) is 5. The van der Waals surface area contributed by atoms with Crippen molar-refractivity contribution in [3.63, 3.8) is 0 Å². The number of carbonyl (C=O) groups excluding carboxylic acids is 1. The van der Waals surface area contributed by atoms with E-state index < -0.39 is 76.1 Å². The first-order valence-electron chi connectivity index (χ1n) is 17.5. The van der Waals surface area contributed by atoms with Gasteiger partial charge in [0, 0.05) is 38.5 Å². The van der Waals surface area contributed by atoms with Crippen LogP contribution in [-0.2, 0) is 32.8 Å². The van der Waals surface area contributed by atoms with E-state index in [1.165, 1.54) is 34.0 Å². The molecular formula is C36H40F5N5O5SSi. The molecule has 53 heavy (non-hydrogen) atoms. The van der Waals surface area contributed by atoms with Crippen molar-refractivity contribution in [3.8, 4) is 0 Å². The number of halogens is 5. The van der Waals surface area contributed by atoms with E-state index in [0.717, 1.165) is 43.7 Å². The van der Waals surface area contributed by atoms with Crippen LogP contribution in [0.15, 0.2) is 52.4 Å². The highest BCUT2D eigenvalue weighted by Gasteiger charge is 2.48. The Morgan fingerprint density at radius 3 is 2.26 bits per heavy atom. The molecule has 0 N–H and O–H groups in total. The minimum atomic E-state index is -5.38. The quantitative estimate of drug-likeness (QED) is 0.0509. The average Bonchev–Trinajstić information content (AvgIpc) is 3.10. The zero-order valence-corrected chi connectivity index (χ0v) is 31.4. The molecule has 1 aliphatic heterocycles. The van der Waals surface area contributed by atoms with Crippen molar-refractivity contribution >= 4 is 40.5 Å². The molecule has 1 aliphatic carbocycles. The highest BCUT2D eigenvalue weighted by molar-refractivity contribution is 7.89. The van der Waals surface area contributed by atoms with E-state index >= 15 is 0 Å². The number of anilines is 1. The summed E-state index contributed by atoms with van der Waals surface area (Å²) < 4.78 is 106. The van der Waals surface area contributed by atoms with E-state index in [9.17, 15) is 40.0 Å². The molecular weight excluding hydrogens is 738 g/mol. The standard InChI is InChI=1S/C36H40F5N5O5SSi/c1-53(2,3)16-15-51-21-45-35(47)27-10-9-26(18-24(27)19-43-45)44(20-25-17-23(11-13-42-25)22-7-5-4-6-8-22)36(48)28-12-14-46(28)52(49,50)34-32(40)30(38)29(37)31(39)33(34)41/h9-11,13,17-19,22,28H,4-8,12,14-16,20-21H2,1-3H3/t28-/m1/s1. The average molecular weight is 778 g/mol. The van der Waals surface area contributed by atoms with Crippen LogP contribution in [0.2, 0.25) is 25.7 Å². The second-order valence-corrected chi connectivity index (χ2v) is 22.2. The fourth-order valence-corrected chi connectivity index (χ4v) is 9.20. The Morgan fingerprint density at radius 2 is 1.62 bits per heavy atom. The van der Waals surface area contributed by atoms with E-state index in [2.05, 4.69) is 29.7 Å². The van der Waals surface area contributed by atoms with E-state index in [1.54, 1.807) is 6.20 Å². The fraction of sp³-hybridized carbons (Fsp3) is 0.444. The summed E-state index contributed by atoms with van der Waals surface area (Å²) in [5.74, 6) is -12.9. The van der Waals surface area contributed by atoms with Gasteiger partial charge in [0.05, 0.1) is 23.8 Å². The number of hydrogen-bond acceptors (Lipinski definition) is 7. The second kappa shape index (κ2) is 15.4. The van der Waals surface area contributed by atoms with Gasteiger partial charge >= 0.3 is 0 Å². The summed E-state index contributed by atoms with van der Waals surface area (Å²) in [6.45, 7) is 6.48. The molecule has 1 amide bonds. The van der Waals surface area contributed by atoms with Gasteiger partial charge in [-0.25, -0.2) is 35.1 Å². The highest BCUT2D eigenvalue weighted by Crippen LogP contribution is 2.36. The Morgan fingerprint density at radius 1 is 0.943 bits per heavy atom. The zero-order valence-electron chi connectivity index (χ0n) is 29.5. The van der Waals surface area contributed by atoms with Crippen molar-refractivity contribution in [1.29, 1.82) is 0 Å². The van der Waals surface area contributed by atoms with Crippen LogP contribution in [0.4, 0.5) is 27.6 Å². The molecule has 4 aromatic rings. The summed E-state index contributed by atoms with van der Waals surface area (Å²) in [6.07, 6.45) is 8.28. The van der Waals surface area contributed by atoms with E-state index in [1.807, 2.05) is 12.1 Å². The normalized spacial score (nSPS) is 17.2. The Hall–Kier alpha value is -4.06. The van der Waals surface area contributed by atoms with Crippen molar-refractivity contribution in [3.05, 3.63) is 93.4 Å². The molecule has 1 saturated heterocycles. The maximum atomic E-state index is 14.7. The fourth-order valence-electron chi connectivity index (χ4n) is 6.70.